The Morgan fingerprint density at radius 2 is 2.00 bits per heavy atom. The van der Waals surface area contributed by atoms with E-state index in [4.69, 9.17) is 0 Å². The lowest BCUT2D eigenvalue weighted by molar-refractivity contribution is 0.554. The Hall–Kier alpha value is -0.760. The second kappa shape index (κ2) is 5.81. The highest BCUT2D eigenvalue weighted by Gasteiger charge is 1.92. The fraction of sp³-hybridized carbons (Fsp3) is 0.364. The molecule has 0 aliphatic rings. The van der Waals surface area contributed by atoms with Crippen molar-refractivity contribution in [2.75, 3.05) is 5.75 Å². The first-order valence-corrected chi connectivity index (χ1v) is 5.46. The Labute approximate surface area is 83.5 Å². The standard InChI is InChI=1S/C11H13OS/c1-10-3-5-11(6-4-10)9-13-8-2-7-12/h3-6H,2,8-9H2,1H3. The molecule has 2 heteroatoms. The van der Waals surface area contributed by atoms with Gasteiger partial charge in [0.05, 0.1) is 0 Å². The quantitative estimate of drug-likeness (QED) is 0.669. The van der Waals surface area contributed by atoms with Crippen molar-refractivity contribution < 1.29 is 4.79 Å². The van der Waals surface area contributed by atoms with Gasteiger partial charge in [0.1, 0.15) is 0 Å². The maximum atomic E-state index is 9.92. The van der Waals surface area contributed by atoms with Crippen LogP contribution in [0.3, 0.4) is 0 Å². The molecule has 0 heterocycles. The highest BCUT2D eigenvalue weighted by atomic mass is 32.2. The third kappa shape index (κ3) is 4.13. The van der Waals surface area contributed by atoms with E-state index in [1.165, 1.54) is 11.1 Å². The van der Waals surface area contributed by atoms with Gasteiger partial charge in [0.15, 0.2) is 6.29 Å². The van der Waals surface area contributed by atoms with Gasteiger partial charge in [0.2, 0.25) is 0 Å². The summed E-state index contributed by atoms with van der Waals surface area (Å²) in [5.74, 6) is 1.86. The number of benzene rings is 1. The first-order chi connectivity index (χ1) is 6.33. The lowest BCUT2D eigenvalue weighted by Gasteiger charge is -2.00. The molecule has 0 aromatic heterocycles. The molecule has 1 nitrogen and oxygen atoms in total. The Morgan fingerprint density at radius 1 is 1.31 bits per heavy atom. The summed E-state index contributed by atoms with van der Waals surface area (Å²) < 4.78 is 0. The van der Waals surface area contributed by atoms with Crippen LogP contribution in [-0.2, 0) is 10.5 Å². The molecule has 0 fully saturated rings. The number of carbonyl (C=O) groups excluding carboxylic acids is 1. The van der Waals surface area contributed by atoms with Gasteiger partial charge in [-0.15, -0.1) is 0 Å². The van der Waals surface area contributed by atoms with E-state index >= 15 is 0 Å². The van der Waals surface area contributed by atoms with Gasteiger partial charge in [-0.05, 0) is 12.5 Å². The smallest absolute Gasteiger partial charge is 0.199 e. The van der Waals surface area contributed by atoms with Crippen molar-refractivity contribution in [1.82, 2.24) is 0 Å². The third-order valence-corrected chi connectivity index (χ3v) is 2.77. The van der Waals surface area contributed by atoms with Crippen LogP contribution >= 0.6 is 11.8 Å². The van der Waals surface area contributed by atoms with Gasteiger partial charge in [-0.3, -0.25) is 4.79 Å². The van der Waals surface area contributed by atoms with Gasteiger partial charge in [0.25, 0.3) is 0 Å². The molecule has 1 rings (SSSR count). The summed E-state index contributed by atoms with van der Waals surface area (Å²) in [6, 6.07) is 8.49. The molecule has 0 saturated carbocycles. The van der Waals surface area contributed by atoms with Crippen molar-refractivity contribution in [3.63, 3.8) is 0 Å². The summed E-state index contributed by atoms with van der Waals surface area (Å²) in [4.78, 5) is 9.92. The number of thioether (sulfide) groups is 1. The van der Waals surface area contributed by atoms with Crippen LogP contribution in [0.15, 0.2) is 24.3 Å². The summed E-state index contributed by atoms with van der Waals surface area (Å²) in [5.41, 5.74) is 2.61. The fourth-order valence-electron chi connectivity index (χ4n) is 0.988. The number of rotatable bonds is 5. The van der Waals surface area contributed by atoms with Crippen LogP contribution < -0.4 is 0 Å². The number of hydrogen-bond acceptors (Lipinski definition) is 2. The minimum absolute atomic E-state index is 0.538. The first-order valence-electron chi connectivity index (χ1n) is 4.31. The topological polar surface area (TPSA) is 17.1 Å². The molecule has 0 unspecified atom stereocenters. The predicted molar refractivity (Wildman–Crippen MR) is 57.7 cm³/mol. The van der Waals surface area contributed by atoms with Gasteiger partial charge in [-0.1, -0.05) is 29.8 Å². The van der Waals surface area contributed by atoms with E-state index in [2.05, 4.69) is 31.2 Å². The second-order valence-corrected chi connectivity index (χ2v) is 4.04. The maximum Gasteiger partial charge on any atom is 0.199 e. The molecule has 1 aromatic carbocycles. The van der Waals surface area contributed by atoms with Crippen LogP contribution in [0, 0.1) is 6.92 Å². The minimum Gasteiger partial charge on any atom is -0.291 e. The zero-order chi connectivity index (χ0) is 9.52. The minimum atomic E-state index is 0.538. The van der Waals surface area contributed by atoms with E-state index < -0.39 is 0 Å². The van der Waals surface area contributed by atoms with E-state index in [1.54, 1.807) is 11.8 Å². The van der Waals surface area contributed by atoms with Crippen molar-refractivity contribution in [3.8, 4) is 0 Å². The zero-order valence-corrected chi connectivity index (χ0v) is 8.56. The summed E-state index contributed by atoms with van der Waals surface area (Å²) in [7, 11) is 0. The summed E-state index contributed by atoms with van der Waals surface area (Å²) in [6.07, 6.45) is 2.43. The summed E-state index contributed by atoms with van der Waals surface area (Å²) >= 11 is 1.77. The van der Waals surface area contributed by atoms with Gasteiger partial charge in [-0.25, -0.2) is 0 Å². The molecule has 0 N–H and O–H groups in total. The van der Waals surface area contributed by atoms with Crippen molar-refractivity contribution in [3.05, 3.63) is 35.4 Å². The second-order valence-electron chi connectivity index (χ2n) is 2.93. The Balaban J connectivity index is 2.28. The third-order valence-electron chi connectivity index (χ3n) is 1.74. The van der Waals surface area contributed by atoms with Gasteiger partial charge in [-0.2, -0.15) is 11.8 Å². The van der Waals surface area contributed by atoms with Crippen LogP contribution in [-0.4, -0.2) is 12.0 Å². The van der Waals surface area contributed by atoms with Crippen LogP contribution in [0.1, 0.15) is 17.5 Å². The Morgan fingerprint density at radius 3 is 2.62 bits per heavy atom. The lowest BCUT2D eigenvalue weighted by atomic mass is 10.2. The van der Waals surface area contributed by atoms with Crippen molar-refractivity contribution in [2.24, 2.45) is 0 Å². The predicted octanol–water partition coefficient (Wildman–Crippen LogP) is 2.73. The van der Waals surface area contributed by atoms with E-state index in [0.29, 0.717) is 6.42 Å². The molecule has 1 aromatic rings. The average molecular weight is 193 g/mol. The van der Waals surface area contributed by atoms with Crippen LogP contribution in [0.5, 0.6) is 0 Å². The normalized spacial score (nSPS) is 9.92. The molecule has 0 spiro atoms. The molecule has 0 amide bonds. The van der Waals surface area contributed by atoms with Crippen molar-refractivity contribution in [2.45, 2.75) is 19.1 Å². The molecule has 0 aliphatic heterocycles. The zero-order valence-electron chi connectivity index (χ0n) is 7.75. The lowest BCUT2D eigenvalue weighted by Crippen LogP contribution is -1.84. The highest BCUT2D eigenvalue weighted by molar-refractivity contribution is 7.98. The molecular formula is C11H13OS. The first kappa shape index (κ1) is 10.3. The molecule has 1 radical (unpaired) electrons. The van der Waals surface area contributed by atoms with Crippen molar-refractivity contribution in [1.29, 1.82) is 0 Å². The van der Waals surface area contributed by atoms with E-state index in [9.17, 15) is 4.79 Å². The van der Waals surface area contributed by atoms with E-state index in [1.807, 2.05) is 6.29 Å². The number of hydrogen-bond donors (Lipinski definition) is 0. The van der Waals surface area contributed by atoms with Crippen LogP contribution in [0.4, 0.5) is 0 Å². The SMILES string of the molecule is Cc1ccc(CSCC[C]=O)cc1. The van der Waals surface area contributed by atoms with Gasteiger partial charge in [0, 0.05) is 17.9 Å². The molecule has 69 valence electrons. The molecule has 0 aliphatic carbocycles. The molecule has 0 saturated heterocycles. The summed E-state index contributed by atoms with van der Waals surface area (Å²) in [5, 5.41) is 0. The largest absolute Gasteiger partial charge is 0.291 e. The molecule has 0 atom stereocenters. The molecule has 13 heavy (non-hydrogen) atoms. The Bertz CT molecular complexity index is 253. The van der Waals surface area contributed by atoms with Crippen LogP contribution in [0.25, 0.3) is 0 Å². The highest BCUT2D eigenvalue weighted by Crippen LogP contribution is 2.13. The number of aryl methyl sites for hydroxylation is 1. The summed E-state index contributed by atoms with van der Waals surface area (Å²) in [6.45, 7) is 2.08. The molecular weight excluding hydrogens is 180 g/mol. The Kier molecular flexibility index (Phi) is 4.61. The average Bonchev–Trinajstić information content (AvgIpc) is 2.15. The van der Waals surface area contributed by atoms with Crippen LogP contribution in [0.2, 0.25) is 0 Å². The van der Waals surface area contributed by atoms with Crippen molar-refractivity contribution >= 4 is 18.0 Å². The fourth-order valence-corrected chi connectivity index (χ4v) is 1.79. The van der Waals surface area contributed by atoms with Gasteiger partial charge < -0.3 is 0 Å². The van der Waals surface area contributed by atoms with Gasteiger partial charge >= 0.3 is 0 Å². The monoisotopic (exact) mass is 193 g/mol. The van der Waals surface area contributed by atoms with E-state index in [-0.39, 0.29) is 0 Å². The van der Waals surface area contributed by atoms with E-state index in [0.717, 1.165) is 11.5 Å². The maximum absolute atomic E-state index is 9.92. The molecule has 0 bridgehead atoms.